The smallest absolute Gasteiger partial charge is 0.325 e. The zero-order chi connectivity index (χ0) is 27.2. The lowest BCUT2D eigenvalue weighted by Gasteiger charge is -2.27. The molecular weight excluding hydrogens is 498 g/mol. The summed E-state index contributed by atoms with van der Waals surface area (Å²) >= 11 is 1.63. The predicted octanol–water partition coefficient (Wildman–Crippen LogP) is 2.87. The summed E-state index contributed by atoms with van der Waals surface area (Å²) in [5.41, 5.74) is 0.987. The van der Waals surface area contributed by atoms with Gasteiger partial charge in [0.2, 0.25) is 5.91 Å². The monoisotopic (exact) mass is 535 g/mol. The number of methoxy groups -OCH3 is 3. The molecule has 1 heterocycles. The van der Waals surface area contributed by atoms with Crippen molar-refractivity contribution in [2.75, 3.05) is 60.7 Å². The molecule has 0 saturated carbocycles. The van der Waals surface area contributed by atoms with Gasteiger partial charge in [-0.3, -0.25) is 9.59 Å². The largest absolute Gasteiger partial charge is 0.493 e. The van der Waals surface area contributed by atoms with E-state index < -0.39 is 12.0 Å². The third-order valence-corrected chi connectivity index (χ3v) is 6.47. The van der Waals surface area contributed by atoms with Crippen molar-refractivity contribution in [2.24, 2.45) is 0 Å². The van der Waals surface area contributed by atoms with Crippen molar-refractivity contribution in [3.8, 4) is 11.5 Å². The Labute approximate surface area is 222 Å². The van der Waals surface area contributed by atoms with Crippen molar-refractivity contribution < 1.29 is 33.3 Å². The Morgan fingerprint density at radius 1 is 0.973 bits per heavy atom. The molecule has 0 unspecified atom stereocenters. The average Bonchev–Trinajstić information content (AvgIpc) is 3.31. The molecule has 0 atom stereocenters. The molecule has 204 valence electrons. The Morgan fingerprint density at radius 3 is 2.35 bits per heavy atom. The number of thiophene rings is 1. The maximum Gasteiger partial charge on any atom is 0.325 e. The predicted molar refractivity (Wildman–Crippen MR) is 141 cm³/mol. The number of hydrogen-bond acceptors (Lipinski definition) is 8. The molecule has 0 spiro atoms. The van der Waals surface area contributed by atoms with E-state index >= 15 is 0 Å². The van der Waals surface area contributed by atoms with Crippen molar-refractivity contribution in [2.45, 2.75) is 26.8 Å². The molecule has 0 bridgehead atoms. The molecule has 2 rings (SSSR count). The van der Waals surface area contributed by atoms with Crippen LogP contribution in [0.1, 0.15) is 22.2 Å². The van der Waals surface area contributed by atoms with Crippen LogP contribution in [0.5, 0.6) is 11.5 Å². The Balaban J connectivity index is 2.15. The zero-order valence-corrected chi connectivity index (χ0v) is 23.0. The molecule has 0 radical (unpaired) electrons. The first-order valence-corrected chi connectivity index (χ1v) is 12.8. The van der Waals surface area contributed by atoms with Gasteiger partial charge in [0.25, 0.3) is 0 Å². The molecule has 1 aromatic carbocycles. The number of ether oxygens (including phenoxy) is 4. The third kappa shape index (κ3) is 9.93. The Hall–Kier alpha value is -3.31. The molecule has 0 saturated heterocycles. The number of amides is 3. The van der Waals surface area contributed by atoms with E-state index in [4.69, 9.17) is 18.9 Å². The molecule has 2 aromatic rings. The van der Waals surface area contributed by atoms with Gasteiger partial charge >= 0.3 is 12.0 Å². The fraction of sp³-hybridized carbons (Fsp3) is 0.500. The lowest BCUT2D eigenvalue weighted by Crippen LogP contribution is -2.49. The molecule has 3 amide bonds. The minimum Gasteiger partial charge on any atom is -0.493 e. The lowest BCUT2D eigenvalue weighted by atomic mass is 10.1. The van der Waals surface area contributed by atoms with Gasteiger partial charge in [0, 0.05) is 30.0 Å². The van der Waals surface area contributed by atoms with Gasteiger partial charge < -0.3 is 34.1 Å². The first kappa shape index (κ1) is 29.9. The van der Waals surface area contributed by atoms with E-state index in [1.807, 2.05) is 37.3 Å². The van der Waals surface area contributed by atoms with Crippen LogP contribution in [0.3, 0.4) is 0 Å². The maximum atomic E-state index is 13.4. The van der Waals surface area contributed by atoms with Gasteiger partial charge in [-0.15, -0.1) is 11.3 Å². The topological polar surface area (TPSA) is 107 Å². The van der Waals surface area contributed by atoms with Crippen LogP contribution >= 0.6 is 11.3 Å². The van der Waals surface area contributed by atoms with Crippen LogP contribution in [-0.2, 0) is 32.0 Å². The zero-order valence-electron chi connectivity index (χ0n) is 22.2. The highest BCUT2D eigenvalue weighted by molar-refractivity contribution is 7.11. The Bertz CT molecular complexity index is 1030. The van der Waals surface area contributed by atoms with E-state index in [0.29, 0.717) is 31.0 Å². The minimum atomic E-state index is -0.543. The first-order valence-electron chi connectivity index (χ1n) is 12.0. The number of nitrogens with one attached hydrogen (secondary N) is 1. The summed E-state index contributed by atoms with van der Waals surface area (Å²) in [6, 6.07) is 9.15. The Kier molecular flexibility index (Phi) is 12.7. The minimum absolute atomic E-state index is 0.158. The molecule has 1 aromatic heterocycles. The Morgan fingerprint density at radius 2 is 1.73 bits per heavy atom. The van der Waals surface area contributed by atoms with Gasteiger partial charge in [-0.2, -0.15) is 0 Å². The summed E-state index contributed by atoms with van der Waals surface area (Å²) in [5.74, 6) is 0.499. The molecule has 11 heteroatoms. The van der Waals surface area contributed by atoms with Crippen molar-refractivity contribution in [1.82, 2.24) is 15.1 Å². The standard InChI is InChI=1S/C26H37N3O7S/c1-6-36-25(31)16-27-26(32)29(13-14-33-3)18-24(30)28(17-21-9-7-19(2)37-21)12-11-20-8-10-22(34-4)23(15-20)35-5/h7-10,15H,6,11-14,16-18H2,1-5H3,(H,27,32). The molecule has 0 aliphatic heterocycles. The molecule has 1 N–H and O–H groups in total. The summed E-state index contributed by atoms with van der Waals surface area (Å²) in [4.78, 5) is 43.1. The summed E-state index contributed by atoms with van der Waals surface area (Å²) in [6.45, 7) is 4.79. The lowest BCUT2D eigenvalue weighted by molar-refractivity contribution is -0.141. The van der Waals surface area contributed by atoms with Crippen LogP contribution in [0.15, 0.2) is 30.3 Å². The highest BCUT2D eigenvalue weighted by Gasteiger charge is 2.22. The van der Waals surface area contributed by atoms with Gasteiger partial charge in [0.15, 0.2) is 11.5 Å². The van der Waals surface area contributed by atoms with E-state index in [9.17, 15) is 14.4 Å². The number of hydrogen-bond donors (Lipinski definition) is 1. The molecule has 0 aliphatic rings. The van der Waals surface area contributed by atoms with E-state index in [1.165, 1.54) is 12.0 Å². The number of carbonyl (C=O) groups excluding carboxylic acids is 3. The highest BCUT2D eigenvalue weighted by Crippen LogP contribution is 2.28. The number of esters is 1. The summed E-state index contributed by atoms with van der Waals surface area (Å²) in [7, 11) is 4.68. The molecule has 0 fully saturated rings. The SMILES string of the molecule is CCOC(=O)CNC(=O)N(CCOC)CC(=O)N(CCc1ccc(OC)c(OC)c1)Cc1ccc(C)s1. The molecule has 10 nitrogen and oxygen atoms in total. The summed E-state index contributed by atoms with van der Waals surface area (Å²) in [5, 5.41) is 2.52. The van der Waals surface area contributed by atoms with Crippen molar-refractivity contribution in [3.05, 3.63) is 45.6 Å². The van der Waals surface area contributed by atoms with Gasteiger partial charge in [-0.25, -0.2) is 4.79 Å². The molecular formula is C26H37N3O7S. The molecule has 37 heavy (non-hydrogen) atoms. The van der Waals surface area contributed by atoms with Crippen LogP contribution < -0.4 is 14.8 Å². The summed E-state index contributed by atoms with van der Waals surface area (Å²) < 4.78 is 20.7. The highest BCUT2D eigenvalue weighted by atomic mass is 32.1. The third-order valence-electron chi connectivity index (χ3n) is 5.48. The number of aryl methyl sites for hydroxylation is 1. The van der Waals surface area contributed by atoms with Gasteiger partial charge in [0.05, 0.1) is 34.0 Å². The van der Waals surface area contributed by atoms with Crippen LogP contribution in [0.25, 0.3) is 0 Å². The maximum absolute atomic E-state index is 13.4. The van der Waals surface area contributed by atoms with Crippen LogP contribution in [-0.4, -0.2) is 88.4 Å². The van der Waals surface area contributed by atoms with Crippen molar-refractivity contribution in [3.63, 3.8) is 0 Å². The van der Waals surface area contributed by atoms with Crippen LogP contribution in [0.2, 0.25) is 0 Å². The number of benzene rings is 1. The van der Waals surface area contributed by atoms with Crippen molar-refractivity contribution >= 4 is 29.2 Å². The van der Waals surface area contributed by atoms with E-state index in [2.05, 4.69) is 5.32 Å². The number of carbonyl (C=O) groups is 3. The number of rotatable bonds is 15. The second kappa shape index (κ2) is 15.7. The fourth-order valence-corrected chi connectivity index (χ4v) is 4.45. The fourth-order valence-electron chi connectivity index (χ4n) is 3.54. The van der Waals surface area contributed by atoms with Gasteiger partial charge in [-0.05, 0) is 50.1 Å². The van der Waals surface area contributed by atoms with Gasteiger partial charge in [-0.1, -0.05) is 6.07 Å². The quantitative estimate of drug-likeness (QED) is 0.350. The average molecular weight is 536 g/mol. The van der Waals surface area contributed by atoms with Crippen LogP contribution in [0, 0.1) is 6.92 Å². The van der Waals surface area contributed by atoms with Gasteiger partial charge in [0.1, 0.15) is 13.1 Å². The number of urea groups is 1. The van der Waals surface area contributed by atoms with Crippen molar-refractivity contribution in [1.29, 1.82) is 0 Å². The second-order valence-corrected chi connectivity index (χ2v) is 9.52. The normalized spacial score (nSPS) is 10.5. The van der Waals surface area contributed by atoms with E-state index in [1.54, 1.807) is 37.4 Å². The van der Waals surface area contributed by atoms with Crippen LogP contribution in [0.4, 0.5) is 4.79 Å². The number of nitrogens with zero attached hydrogens (tertiary/aromatic N) is 2. The van der Waals surface area contributed by atoms with E-state index in [0.717, 1.165) is 15.3 Å². The molecule has 0 aliphatic carbocycles. The first-order chi connectivity index (χ1) is 17.8. The second-order valence-electron chi connectivity index (χ2n) is 8.15. The summed E-state index contributed by atoms with van der Waals surface area (Å²) in [6.07, 6.45) is 0.587. The van der Waals surface area contributed by atoms with E-state index in [-0.39, 0.29) is 38.8 Å².